The molecule has 1 N–H and O–H groups in total. The van der Waals surface area contributed by atoms with Gasteiger partial charge in [-0.3, -0.25) is 9.36 Å². The summed E-state index contributed by atoms with van der Waals surface area (Å²) in [5, 5.41) is 10.2. The van der Waals surface area contributed by atoms with Crippen molar-refractivity contribution in [1.82, 2.24) is 4.57 Å². The minimum Gasteiger partial charge on any atom is -0.504 e. The van der Waals surface area contributed by atoms with Gasteiger partial charge in [0, 0.05) is 5.56 Å². The van der Waals surface area contributed by atoms with E-state index in [1.807, 2.05) is 47.0 Å². The van der Waals surface area contributed by atoms with Crippen LogP contribution in [0.3, 0.4) is 0 Å². The van der Waals surface area contributed by atoms with Crippen LogP contribution in [0.15, 0.2) is 76.0 Å². The Morgan fingerprint density at radius 3 is 2.73 bits per heavy atom. The number of aromatic hydroxyl groups is 1. The molecule has 2 aliphatic rings. The number of aryl methyl sites for hydroxylation is 1. The van der Waals surface area contributed by atoms with Gasteiger partial charge in [0.2, 0.25) is 0 Å². The number of rotatable bonds is 4. The summed E-state index contributed by atoms with van der Waals surface area (Å²) in [7, 11) is 3.17. The van der Waals surface area contributed by atoms with Gasteiger partial charge in [-0.15, -0.1) is 0 Å². The SMILES string of the molecule is COc1cccc([C@@H]2C3=C(N=c4s/c(=C/c5cc(I)c(O)c(OC)c5)c(=O)n42)c2ccccc2CC3)c1. The van der Waals surface area contributed by atoms with Crippen LogP contribution in [0.2, 0.25) is 0 Å². The average Bonchev–Trinajstić information content (AvgIpc) is 3.23. The molecule has 2 heterocycles. The van der Waals surface area contributed by atoms with Crippen LogP contribution in [-0.4, -0.2) is 23.9 Å². The Kier molecular flexibility index (Phi) is 6.16. The molecule has 6 nitrogen and oxygen atoms in total. The monoisotopic (exact) mass is 622 g/mol. The van der Waals surface area contributed by atoms with Gasteiger partial charge in [0.1, 0.15) is 5.75 Å². The summed E-state index contributed by atoms with van der Waals surface area (Å²) < 4.78 is 13.9. The number of thiazole rings is 1. The molecular formula is C29H23IN2O4S. The summed E-state index contributed by atoms with van der Waals surface area (Å²) >= 11 is 3.44. The van der Waals surface area contributed by atoms with E-state index in [1.54, 1.807) is 13.2 Å². The quantitative estimate of drug-likeness (QED) is 0.337. The van der Waals surface area contributed by atoms with Gasteiger partial charge >= 0.3 is 0 Å². The van der Waals surface area contributed by atoms with Gasteiger partial charge in [-0.05, 0) is 88.0 Å². The van der Waals surface area contributed by atoms with E-state index in [0.29, 0.717) is 18.7 Å². The first-order valence-electron chi connectivity index (χ1n) is 11.8. The number of allylic oxidation sites excluding steroid dienone is 1. The maximum absolute atomic E-state index is 13.9. The molecule has 6 rings (SSSR count). The van der Waals surface area contributed by atoms with Crippen molar-refractivity contribution in [3.8, 4) is 17.2 Å². The summed E-state index contributed by atoms with van der Waals surface area (Å²) in [6.07, 6.45) is 3.57. The predicted molar refractivity (Wildman–Crippen MR) is 153 cm³/mol. The molecule has 3 aromatic carbocycles. The predicted octanol–water partition coefficient (Wildman–Crippen LogP) is 4.65. The van der Waals surface area contributed by atoms with Gasteiger partial charge in [0.25, 0.3) is 5.56 Å². The topological polar surface area (TPSA) is 73.1 Å². The van der Waals surface area contributed by atoms with Crippen LogP contribution in [0.25, 0.3) is 11.8 Å². The van der Waals surface area contributed by atoms with E-state index in [-0.39, 0.29) is 17.4 Å². The summed E-state index contributed by atoms with van der Waals surface area (Å²) in [5.74, 6) is 1.21. The number of fused-ring (bicyclic) bond motifs is 3. The van der Waals surface area contributed by atoms with E-state index in [4.69, 9.17) is 14.5 Å². The molecule has 0 unspecified atom stereocenters. The minimum atomic E-state index is -0.272. The first-order valence-corrected chi connectivity index (χ1v) is 13.7. The molecule has 0 radical (unpaired) electrons. The molecule has 8 heteroatoms. The number of phenols is 1. The van der Waals surface area contributed by atoms with Crippen molar-refractivity contribution < 1.29 is 14.6 Å². The number of aromatic nitrogens is 1. The van der Waals surface area contributed by atoms with Gasteiger partial charge in [-0.2, -0.15) is 0 Å². The van der Waals surface area contributed by atoms with E-state index in [1.165, 1.54) is 24.0 Å². The molecule has 1 aliphatic carbocycles. The lowest BCUT2D eigenvalue weighted by Crippen LogP contribution is -2.38. The van der Waals surface area contributed by atoms with Crippen molar-refractivity contribution in [2.45, 2.75) is 18.9 Å². The van der Waals surface area contributed by atoms with E-state index < -0.39 is 0 Å². The van der Waals surface area contributed by atoms with Crippen molar-refractivity contribution >= 4 is 45.7 Å². The van der Waals surface area contributed by atoms with Crippen LogP contribution >= 0.6 is 33.9 Å². The number of phenolic OH excluding ortho intramolecular Hbond substituents is 1. The number of methoxy groups -OCH3 is 2. The number of benzene rings is 3. The van der Waals surface area contributed by atoms with Crippen LogP contribution in [0.4, 0.5) is 0 Å². The van der Waals surface area contributed by atoms with Gasteiger partial charge in [0.15, 0.2) is 16.3 Å². The fraction of sp³-hybridized carbons (Fsp3) is 0.172. The second-order valence-corrected chi connectivity index (χ2v) is 11.1. The molecule has 0 amide bonds. The maximum atomic E-state index is 13.9. The molecule has 1 aromatic heterocycles. The van der Waals surface area contributed by atoms with Crippen LogP contribution in [0.1, 0.15) is 34.7 Å². The summed E-state index contributed by atoms with van der Waals surface area (Å²) in [5.41, 5.74) is 6.19. The smallest absolute Gasteiger partial charge is 0.271 e. The third-order valence-electron chi connectivity index (χ3n) is 6.85. The second-order valence-electron chi connectivity index (χ2n) is 8.94. The normalized spacial score (nSPS) is 16.5. The van der Waals surface area contributed by atoms with E-state index in [0.717, 1.165) is 46.6 Å². The first-order chi connectivity index (χ1) is 18.0. The Morgan fingerprint density at radius 2 is 1.92 bits per heavy atom. The third-order valence-corrected chi connectivity index (χ3v) is 8.66. The van der Waals surface area contributed by atoms with E-state index in [2.05, 4.69) is 40.8 Å². The van der Waals surface area contributed by atoms with E-state index >= 15 is 0 Å². The lowest BCUT2D eigenvalue weighted by molar-refractivity contribution is 0.371. The van der Waals surface area contributed by atoms with Gasteiger partial charge < -0.3 is 14.6 Å². The molecule has 186 valence electrons. The Morgan fingerprint density at radius 1 is 1.08 bits per heavy atom. The minimum absolute atomic E-state index is 0.0890. The van der Waals surface area contributed by atoms with Gasteiger partial charge in [-0.1, -0.05) is 47.7 Å². The largest absolute Gasteiger partial charge is 0.504 e. The van der Waals surface area contributed by atoms with Gasteiger partial charge in [0.05, 0.1) is 34.1 Å². The Balaban J connectivity index is 1.61. The number of halogens is 1. The van der Waals surface area contributed by atoms with Crippen LogP contribution in [0, 0.1) is 3.57 Å². The molecule has 1 aliphatic heterocycles. The van der Waals surface area contributed by atoms with Crippen molar-refractivity contribution in [2.75, 3.05) is 14.2 Å². The molecule has 1 atom stereocenters. The molecule has 0 spiro atoms. The van der Waals surface area contributed by atoms with Crippen molar-refractivity contribution in [1.29, 1.82) is 0 Å². The molecule has 0 fully saturated rings. The number of ether oxygens (including phenoxy) is 2. The van der Waals surface area contributed by atoms with Crippen molar-refractivity contribution in [2.24, 2.45) is 4.99 Å². The lowest BCUT2D eigenvalue weighted by atomic mass is 9.83. The Bertz CT molecular complexity index is 1770. The Hall–Kier alpha value is -3.37. The fourth-order valence-corrected chi connectivity index (χ4v) is 6.74. The molecule has 37 heavy (non-hydrogen) atoms. The van der Waals surface area contributed by atoms with Gasteiger partial charge in [-0.25, -0.2) is 4.99 Å². The molecule has 0 saturated carbocycles. The summed E-state index contributed by atoms with van der Waals surface area (Å²) in [6.45, 7) is 0. The zero-order chi connectivity index (χ0) is 25.7. The fourth-order valence-electron chi connectivity index (χ4n) is 5.12. The summed E-state index contributed by atoms with van der Waals surface area (Å²) in [6, 6.07) is 19.6. The third kappa shape index (κ3) is 4.08. The second kappa shape index (κ2) is 9.50. The highest BCUT2D eigenvalue weighted by atomic mass is 127. The summed E-state index contributed by atoms with van der Waals surface area (Å²) in [4.78, 5) is 19.7. The molecule has 4 aromatic rings. The number of nitrogens with zero attached hydrogens (tertiary/aromatic N) is 2. The van der Waals surface area contributed by atoms with Crippen LogP contribution < -0.4 is 24.4 Å². The highest BCUT2D eigenvalue weighted by Gasteiger charge is 2.32. The van der Waals surface area contributed by atoms with Crippen molar-refractivity contribution in [3.63, 3.8) is 0 Å². The van der Waals surface area contributed by atoms with Crippen LogP contribution in [0.5, 0.6) is 17.2 Å². The average molecular weight is 622 g/mol. The Labute approximate surface area is 231 Å². The maximum Gasteiger partial charge on any atom is 0.271 e. The number of hydrogen-bond donors (Lipinski definition) is 1. The lowest BCUT2D eigenvalue weighted by Gasteiger charge is -2.31. The first kappa shape index (κ1) is 24.0. The van der Waals surface area contributed by atoms with Crippen molar-refractivity contribution in [3.05, 3.63) is 112 Å². The number of hydrogen-bond acceptors (Lipinski definition) is 6. The van der Waals surface area contributed by atoms with E-state index in [9.17, 15) is 9.90 Å². The van der Waals surface area contributed by atoms with Crippen LogP contribution in [-0.2, 0) is 6.42 Å². The molecule has 0 saturated heterocycles. The standard InChI is InChI=1S/C29H23IN2O4S/c1-35-19-8-5-7-18(15-19)26-21-11-10-17-6-3-4-9-20(17)25(21)31-29-32(26)28(34)24(37-29)14-16-12-22(30)27(33)23(13-16)36-2/h3-9,12-15,26,33H,10-11H2,1-2H3/b24-14+/t26-/m1/s1. The molecule has 0 bridgehead atoms. The highest BCUT2D eigenvalue weighted by Crippen LogP contribution is 2.41. The zero-order valence-electron chi connectivity index (χ0n) is 20.2. The molecular weight excluding hydrogens is 599 g/mol. The highest BCUT2D eigenvalue weighted by molar-refractivity contribution is 14.1. The zero-order valence-corrected chi connectivity index (χ0v) is 23.2.